The summed E-state index contributed by atoms with van der Waals surface area (Å²) >= 11 is 0. The molecule has 11 nitrogen and oxygen atoms in total. The third-order valence-corrected chi connectivity index (χ3v) is 7.55. The van der Waals surface area contributed by atoms with Crippen LogP contribution in [0.25, 0.3) is 21.9 Å². The number of ether oxygens (including phenoxy) is 1. The second-order valence-electron chi connectivity index (χ2n) is 11.9. The third-order valence-electron chi connectivity index (χ3n) is 7.55. The summed E-state index contributed by atoms with van der Waals surface area (Å²) < 4.78 is 10.0. The van der Waals surface area contributed by atoms with Crippen molar-refractivity contribution in [3.8, 4) is 0 Å². The van der Waals surface area contributed by atoms with Crippen LogP contribution in [0.1, 0.15) is 51.8 Å². The maximum absolute atomic E-state index is 14.1. The van der Waals surface area contributed by atoms with Crippen LogP contribution in [-0.2, 0) is 24.9 Å². The number of nitrogens with one attached hydrogen (secondary N) is 1. The number of aromatic nitrogens is 5. The number of aryl methyl sites for hydroxylation is 2. The number of pyridine rings is 1. The highest BCUT2D eigenvalue weighted by atomic mass is 16.6. The Labute approximate surface area is 244 Å². The number of hydrogen-bond acceptors (Lipinski definition) is 7. The Morgan fingerprint density at radius 3 is 2.62 bits per heavy atom. The summed E-state index contributed by atoms with van der Waals surface area (Å²) in [6.07, 6.45) is 6.81. The van der Waals surface area contributed by atoms with Crippen molar-refractivity contribution >= 4 is 34.0 Å². The molecule has 1 saturated heterocycles. The second-order valence-corrected chi connectivity index (χ2v) is 11.9. The summed E-state index contributed by atoms with van der Waals surface area (Å²) in [5.74, 6) is 0.586. The monoisotopic (exact) mass is 573 g/mol. The summed E-state index contributed by atoms with van der Waals surface area (Å²) in [5, 5.41) is 4.92. The molecule has 1 amide bonds. The molecule has 4 heterocycles. The van der Waals surface area contributed by atoms with Gasteiger partial charge in [-0.2, -0.15) is 4.98 Å². The third kappa shape index (κ3) is 5.68. The molecule has 1 atom stereocenters. The van der Waals surface area contributed by atoms with E-state index in [-0.39, 0.29) is 12.6 Å². The number of allylic oxidation sites excluding steroid dienone is 2. The van der Waals surface area contributed by atoms with E-state index in [1.54, 1.807) is 13.2 Å². The highest BCUT2D eigenvalue weighted by Gasteiger charge is 2.29. The van der Waals surface area contributed by atoms with Gasteiger partial charge in [0.15, 0.2) is 11.2 Å². The zero-order valence-corrected chi connectivity index (χ0v) is 25.2. The van der Waals surface area contributed by atoms with Gasteiger partial charge in [0.25, 0.3) is 5.56 Å². The van der Waals surface area contributed by atoms with E-state index in [1.165, 1.54) is 9.13 Å². The topological polar surface area (TPSA) is 116 Å². The molecular formula is C31H39N7O4. The van der Waals surface area contributed by atoms with Crippen molar-refractivity contribution in [1.82, 2.24) is 29.0 Å². The van der Waals surface area contributed by atoms with Gasteiger partial charge in [-0.15, -0.1) is 0 Å². The molecule has 42 heavy (non-hydrogen) atoms. The highest BCUT2D eigenvalue weighted by Crippen LogP contribution is 2.25. The van der Waals surface area contributed by atoms with Crippen molar-refractivity contribution in [2.24, 2.45) is 7.05 Å². The lowest BCUT2D eigenvalue weighted by atomic mass is 10.1. The van der Waals surface area contributed by atoms with Crippen LogP contribution >= 0.6 is 0 Å². The van der Waals surface area contributed by atoms with E-state index in [0.29, 0.717) is 42.4 Å². The first kappa shape index (κ1) is 29.1. The van der Waals surface area contributed by atoms with E-state index in [0.717, 1.165) is 29.2 Å². The van der Waals surface area contributed by atoms with Gasteiger partial charge in [0.1, 0.15) is 5.60 Å². The second kappa shape index (κ2) is 11.5. The van der Waals surface area contributed by atoms with Crippen molar-refractivity contribution in [1.29, 1.82) is 0 Å². The van der Waals surface area contributed by atoms with Crippen molar-refractivity contribution in [2.75, 3.05) is 18.0 Å². The molecule has 1 aliphatic heterocycles. The Kier molecular flexibility index (Phi) is 7.94. The summed E-state index contributed by atoms with van der Waals surface area (Å²) in [6, 6.07) is 7.72. The maximum Gasteiger partial charge on any atom is 0.407 e. The Balaban J connectivity index is 1.57. The molecule has 0 radical (unpaired) electrons. The van der Waals surface area contributed by atoms with Crippen LogP contribution in [-0.4, -0.2) is 54.5 Å². The molecule has 4 aromatic rings. The van der Waals surface area contributed by atoms with Gasteiger partial charge in [-0.05, 0) is 58.4 Å². The average molecular weight is 574 g/mol. The number of rotatable bonds is 6. The maximum atomic E-state index is 14.1. The smallest absolute Gasteiger partial charge is 0.407 e. The number of benzene rings is 1. The van der Waals surface area contributed by atoms with Gasteiger partial charge in [0.2, 0.25) is 5.95 Å². The molecule has 1 aromatic carbocycles. The van der Waals surface area contributed by atoms with Crippen molar-refractivity contribution < 1.29 is 9.53 Å². The van der Waals surface area contributed by atoms with Crippen LogP contribution in [0, 0.1) is 6.92 Å². The molecule has 222 valence electrons. The molecule has 0 aliphatic carbocycles. The van der Waals surface area contributed by atoms with Crippen molar-refractivity contribution in [3.63, 3.8) is 0 Å². The van der Waals surface area contributed by atoms with E-state index in [4.69, 9.17) is 9.72 Å². The first-order valence-corrected chi connectivity index (χ1v) is 14.4. The lowest BCUT2D eigenvalue weighted by Crippen LogP contribution is -2.49. The first-order valence-electron chi connectivity index (χ1n) is 14.4. The lowest BCUT2D eigenvalue weighted by molar-refractivity contribution is 0.0499. The minimum absolute atomic E-state index is 0.0396. The standard InChI is InChI=1S/C31H39N7O4/c1-7-8-16-37-25-26(34-28(37)36-15-11-12-21(18-36)33-29(40)42-31(3,4)5)35(6)30(41)38(27(25)39)19-24-23-14-10-9-13-22(23)20(2)17-32-24/h7-10,13-14,17,21H,11-12,15-16,18-19H2,1-6H3,(H,33,40)/b8-7+/t21-/m1/s1. The summed E-state index contributed by atoms with van der Waals surface area (Å²) in [6.45, 7) is 11.1. The van der Waals surface area contributed by atoms with Gasteiger partial charge in [0, 0.05) is 44.3 Å². The molecule has 11 heteroatoms. The van der Waals surface area contributed by atoms with Gasteiger partial charge in [0.05, 0.1) is 12.2 Å². The summed E-state index contributed by atoms with van der Waals surface area (Å²) in [7, 11) is 1.64. The van der Waals surface area contributed by atoms with E-state index in [9.17, 15) is 14.4 Å². The van der Waals surface area contributed by atoms with E-state index < -0.39 is 22.9 Å². The Bertz CT molecular complexity index is 1790. The number of imidazole rings is 1. The minimum Gasteiger partial charge on any atom is -0.444 e. The van der Waals surface area contributed by atoms with Gasteiger partial charge < -0.3 is 19.5 Å². The largest absolute Gasteiger partial charge is 0.444 e. The zero-order valence-electron chi connectivity index (χ0n) is 25.2. The fourth-order valence-electron chi connectivity index (χ4n) is 5.54. The molecule has 5 rings (SSSR count). The van der Waals surface area contributed by atoms with Crippen LogP contribution in [0.3, 0.4) is 0 Å². The number of carbonyl (C=O) groups is 1. The van der Waals surface area contributed by atoms with Crippen molar-refractivity contribution in [2.45, 2.75) is 72.2 Å². The molecule has 1 fully saturated rings. The number of amides is 1. The minimum atomic E-state index is -0.593. The molecule has 1 aliphatic rings. The van der Waals surface area contributed by atoms with Crippen LogP contribution in [0.2, 0.25) is 0 Å². The number of carbonyl (C=O) groups excluding carboxylic acids is 1. The number of alkyl carbamates (subject to hydrolysis) is 1. The quantitative estimate of drug-likeness (QED) is 0.348. The number of anilines is 1. The molecule has 3 aromatic heterocycles. The SMILES string of the molecule is C/C=C/Cn1c(N2CCC[C@@H](NC(=O)OC(C)(C)C)C2)nc2c1c(=O)n(Cc1ncc(C)c3ccccc13)c(=O)n2C. The number of hydrogen-bond donors (Lipinski definition) is 1. The van der Waals surface area contributed by atoms with E-state index >= 15 is 0 Å². The molecular weight excluding hydrogens is 534 g/mol. The fourth-order valence-corrected chi connectivity index (χ4v) is 5.54. The number of piperidine rings is 1. The van der Waals surface area contributed by atoms with Gasteiger partial charge in [-0.25, -0.2) is 9.59 Å². The van der Waals surface area contributed by atoms with Gasteiger partial charge in [-0.1, -0.05) is 36.4 Å². The Morgan fingerprint density at radius 1 is 1.17 bits per heavy atom. The van der Waals surface area contributed by atoms with Crippen LogP contribution in [0.4, 0.5) is 10.7 Å². The van der Waals surface area contributed by atoms with Crippen LogP contribution in [0.5, 0.6) is 0 Å². The molecule has 0 spiro atoms. The predicted octanol–water partition coefficient (Wildman–Crippen LogP) is 3.87. The molecule has 0 unspecified atom stereocenters. The molecule has 0 bridgehead atoms. The lowest BCUT2D eigenvalue weighted by Gasteiger charge is -2.34. The Hall–Kier alpha value is -4.41. The van der Waals surface area contributed by atoms with E-state index in [1.807, 2.05) is 75.6 Å². The normalized spacial score (nSPS) is 16.0. The average Bonchev–Trinajstić information content (AvgIpc) is 3.33. The van der Waals surface area contributed by atoms with Crippen LogP contribution in [0.15, 0.2) is 52.2 Å². The van der Waals surface area contributed by atoms with Gasteiger partial charge >= 0.3 is 11.8 Å². The summed E-state index contributed by atoms with van der Waals surface area (Å²) in [5.41, 5.74) is 0.895. The first-order chi connectivity index (χ1) is 20.0. The van der Waals surface area contributed by atoms with E-state index in [2.05, 4.69) is 15.2 Å². The predicted molar refractivity (Wildman–Crippen MR) is 164 cm³/mol. The van der Waals surface area contributed by atoms with Crippen LogP contribution < -0.4 is 21.5 Å². The molecule has 0 saturated carbocycles. The summed E-state index contributed by atoms with van der Waals surface area (Å²) in [4.78, 5) is 51.6. The fraction of sp³-hybridized carbons (Fsp3) is 0.452. The molecule has 1 N–H and O–H groups in total. The zero-order chi connectivity index (χ0) is 30.2. The van der Waals surface area contributed by atoms with Gasteiger partial charge in [-0.3, -0.25) is 18.9 Å². The highest BCUT2D eigenvalue weighted by molar-refractivity contribution is 5.87. The number of nitrogens with zero attached hydrogens (tertiary/aromatic N) is 6. The Morgan fingerprint density at radius 2 is 1.90 bits per heavy atom. The number of fused-ring (bicyclic) bond motifs is 2. The van der Waals surface area contributed by atoms with Crippen molar-refractivity contribution in [3.05, 3.63) is 74.7 Å².